The molecule has 1 amide bonds. The van der Waals surface area contributed by atoms with Crippen molar-refractivity contribution in [1.29, 1.82) is 0 Å². The summed E-state index contributed by atoms with van der Waals surface area (Å²) in [6.45, 7) is 5.85. The standard InChI is InChI=1S/C29H38N2O6/c1-23(32)37-27-14-4-3-13-26(27)29(34)36-19-8-5-15-28(33)30-16-10-20-35-25-12-9-11-24(21-25)22-31-17-6-2-7-18-31/h3-4,9,11-14,21H,2,5-8,10,15-20,22H2,1H3,(H,30,33). The lowest BCUT2D eigenvalue weighted by atomic mass is 10.1. The lowest BCUT2D eigenvalue weighted by Gasteiger charge is -2.26. The van der Waals surface area contributed by atoms with Crippen molar-refractivity contribution in [2.45, 2.75) is 58.4 Å². The number of hydrogen-bond acceptors (Lipinski definition) is 7. The molecule has 3 rings (SSSR count). The number of unbranched alkanes of at least 4 members (excludes halogenated alkanes) is 1. The molecule has 0 radical (unpaired) electrons. The number of carbonyl (C=O) groups is 3. The van der Waals surface area contributed by atoms with Gasteiger partial charge in [-0.15, -0.1) is 0 Å². The number of piperidine rings is 1. The van der Waals surface area contributed by atoms with E-state index in [1.54, 1.807) is 24.3 Å². The van der Waals surface area contributed by atoms with Gasteiger partial charge < -0.3 is 19.5 Å². The maximum absolute atomic E-state index is 12.3. The van der Waals surface area contributed by atoms with Crippen LogP contribution < -0.4 is 14.8 Å². The second-order valence-corrected chi connectivity index (χ2v) is 9.22. The maximum atomic E-state index is 12.3. The highest BCUT2D eigenvalue weighted by Gasteiger charge is 2.15. The molecule has 2 aromatic carbocycles. The molecule has 2 aromatic rings. The molecule has 1 aliphatic heterocycles. The third-order valence-electron chi connectivity index (χ3n) is 6.06. The number of nitrogens with one attached hydrogen (secondary N) is 1. The van der Waals surface area contributed by atoms with E-state index in [4.69, 9.17) is 14.2 Å². The first-order valence-corrected chi connectivity index (χ1v) is 13.2. The van der Waals surface area contributed by atoms with Crippen molar-refractivity contribution in [2.75, 3.05) is 32.8 Å². The topological polar surface area (TPSA) is 94.2 Å². The zero-order valence-electron chi connectivity index (χ0n) is 21.7. The van der Waals surface area contributed by atoms with Crippen molar-refractivity contribution in [3.8, 4) is 11.5 Å². The second kappa shape index (κ2) is 15.7. The number of carbonyl (C=O) groups excluding carboxylic acids is 3. The van der Waals surface area contributed by atoms with E-state index in [-0.39, 0.29) is 23.8 Å². The maximum Gasteiger partial charge on any atom is 0.341 e. The van der Waals surface area contributed by atoms with Crippen LogP contribution in [0.25, 0.3) is 0 Å². The predicted molar refractivity (Wildman–Crippen MR) is 141 cm³/mol. The van der Waals surface area contributed by atoms with Crippen molar-refractivity contribution >= 4 is 17.8 Å². The van der Waals surface area contributed by atoms with Crippen molar-refractivity contribution in [3.63, 3.8) is 0 Å². The minimum Gasteiger partial charge on any atom is -0.494 e. The minimum absolute atomic E-state index is 0.0324. The van der Waals surface area contributed by atoms with Gasteiger partial charge in [0.15, 0.2) is 0 Å². The number of amides is 1. The lowest BCUT2D eigenvalue weighted by Crippen LogP contribution is -2.29. The Balaban J connectivity index is 1.23. The van der Waals surface area contributed by atoms with E-state index < -0.39 is 11.9 Å². The summed E-state index contributed by atoms with van der Waals surface area (Å²) in [5, 5.41) is 2.90. The summed E-state index contributed by atoms with van der Waals surface area (Å²) < 4.78 is 16.2. The highest BCUT2D eigenvalue weighted by atomic mass is 16.5. The van der Waals surface area contributed by atoms with Gasteiger partial charge in [0.2, 0.25) is 5.91 Å². The molecule has 1 N–H and O–H groups in total. The third kappa shape index (κ3) is 10.6. The van der Waals surface area contributed by atoms with Gasteiger partial charge >= 0.3 is 11.9 Å². The van der Waals surface area contributed by atoms with Gasteiger partial charge in [0.1, 0.15) is 17.1 Å². The molecule has 37 heavy (non-hydrogen) atoms. The van der Waals surface area contributed by atoms with Crippen LogP contribution in [0.4, 0.5) is 0 Å². The second-order valence-electron chi connectivity index (χ2n) is 9.22. The first-order chi connectivity index (χ1) is 18.0. The van der Waals surface area contributed by atoms with Gasteiger partial charge in [-0.3, -0.25) is 14.5 Å². The highest BCUT2D eigenvalue weighted by Crippen LogP contribution is 2.20. The summed E-state index contributed by atoms with van der Waals surface area (Å²) in [5.41, 5.74) is 1.47. The van der Waals surface area contributed by atoms with Crippen LogP contribution in [-0.4, -0.2) is 55.6 Å². The van der Waals surface area contributed by atoms with Crippen molar-refractivity contribution < 1.29 is 28.6 Å². The van der Waals surface area contributed by atoms with Crippen molar-refractivity contribution in [3.05, 3.63) is 59.7 Å². The van der Waals surface area contributed by atoms with E-state index in [1.807, 2.05) is 12.1 Å². The molecule has 0 bridgehead atoms. The fourth-order valence-electron chi connectivity index (χ4n) is 4.20. The first-order valence-electron chi connectivity index (χ1n) is 13.2. The summed E-state index contributed by atoms with van der Waals surface area (Å²) in [5.74, 6) is -0.0528. The first kappa shape index (κ1) is 28.2. The zero-order chi connectivity index (χ0) is 26.3. The summed E-state index contributed by atoms with van der Waals surface area (Å²) in [6, 6.07) is 14.7. The van der Waals surface area contributed by atoms with Gasteiger partial charge in [-0.2, -0.15) is 0 Å². The lowest BCUT2D eigenvalue weighted by molar-refractivity contribution is -0.131. The number of likely N-dealkylation sites (tertiary alicyclic amines) is 1. The van der Waals surface area contributed by atoms with Gasteiger partial charge in [-0.05, 0) is 75.0 Å². The van der Waals surface area contributed by atoms with E-state index in [9.17, 15) is 14.4 Å². The average Bonchev–Trinajstić information content (AvgIpc) is 2.89. The van der Waals surface area contributed by atoms with Crippen molar-refractivity contribution in [2.24, 2.45) is 0 Å². The summed E-state index contributed by atoms with van der Waals surface area (Å²) in [7, 11) is 0. The van der Waals surface area contributed by atoms with Crippen LogP contribution in [0, 0.1) is 0 Å². The molecule has 1 saturated heterocycles. The van der Waals surface area contributed by atoms with Gasteiger partial charge in [0, 0.05) is 26.4 Å². The molecule has 1 fully saturated rings. The fraction of sp³-hybridized carbons (Fsp3) is 0.483. The zero-order valence-corrected chi connectivity index (χ0v) is 21.7. The van der Waals surface area contributed by atoms with Gasteiger partial charge in [0.05, 0.1) is 13.2 Å². The molecule has 0 spiro atoms. The van der Waals surface area contributed by atoms with Crippen LogP contribution in [0.5, 0.6) is 11.5 Å². The van der Waals surface area contributed by atoms with E-state index in [0.29, 0.717) is 32.4 Å². The van der Waals surface area contributed by atoms with E-state index in [1.165, 1.54) is 44.8 Å². The third-order valence-corrected chi connectivity index (χ3v) is 6.06. The molecular formula is C29H38N2O6. The largest absolute Gasteiger partial charge is 0.494 e. The predicted octanol–water partition coefficient (Wildman–Crippen LogP) is 4.51. The molecule has 8 nitrogen and oxygen atoms in total. The van der Waals surface area contributed by atoms with Crippen LogP contribution in [-0.2, 0) is 20.9 Å². The van der Waals surface area contributed by atoms with Gasteiger partial charge in [-0.1, -0.05) is 30.7 Å². The number of ether oxygens (including phenoxy) is 3. The average molecular weight is 511 g/mol. The SMILES string of the molecule is CC(=O)Oc1ccccc1C(=O)OCCCCC(=O)NCCCOc1cccc(CN2CCCCC2)c1. The van der Waals surface area contributed by atoms with E-state index in [2.05, 4.69) is 22.3 Å². The minimum atomic E-state index is -0.557. The molecule has 0 atom stereocenters. The Morgan fingerprint density at radius 1 is 0.919 bits per heavy atom. The molecule has 0 saturated carbocycles. The van der Waals surface area contributed by atoms with Crippen LogP contribution in [0.15, 0.2) is 48.5 Å². The highest BCUT2D eigenvalue weighted by molar-refractivity contribution is 5.93. The molecule has 8 heteroatoms. The Bertz CT molecular complexity index is 1020. The number of hydrogen-bond donors (Lipinski definition) is 1. The number of benzene rings is 2. The number of para-hydroxylation sites is 1. The van der Waals surface area contributed by atoms with Crippen LogP contribution in [0.2, 0.25) is 0 Å². The quantitative estimate of drug-likeness (QED) is 0.227. The molecule has 0 unspecified atom stereocenters. The number of esters is 2. The molecule has 200 valence electrons. The monoisotopic (exact) mass is 510 g/mol. The van der Waals surface area contributed by atoms with Gasteiger partial charge in [-0.25, -0.2) is 4.79 Å². The number of nitrogens with zero attached hydrogens (tertiary/aromatic N) is 1. The van der Waals surface area contributed by atoms with Crippen LogP contribution >= 0.6 is 0 Å². The molecule has 1 heterocycles. The normalized spacial score (nSPS) is 13.5. The molecular weight excluding hydrogens is 472 g/mol. The smallest absolute Gasteiger partial charge is 0.341 e. The molecule has 0 aliphatic carbocycles. The Labute approximate surface area is 219 Å². The summed E-state index contributed by atoms with van der Waals surface area (Å²) in [4.78, 5) is 38.0. The molecule has 0 aromatic heterocycles. The Morgan fingerprint density at radius 3 is 2.54 bits per heavy atom. The van der Waals surface area contributed by atoms with E-state index >= 15 is 0 Å². The van der Waals surface area contributed by atoms with Crippen LogP contribution in [0.3, 0.4) is 0 Å². The van der Waals surface area contributed by atoms with Crippen LogP contribution in [0.1, 0.15) is 67.8 Å². The summed E-state index contributed by atoms with van der Waals surface area (Å²) >= 11 is 0. The van der Waals surface area contributed by atoms with E-state index in [0.717, 1.165) is 18.7 Å². The van der Waals surface area contributed by atoms with Crippen molar-refractivity contribution in [1.82, 2.24) is 10.2 Å². The molecule has 1 aliphatic rings. The summed E-state index contributed by atoms with van der Waals surface area (Å²) in [6.07, 6.45) is 6.15. The van der Waals surface area contributed by atoms with Gasteiger partial charge in [0.25, 0.3) is 0 Å². The fourth-order valence-corrected chi connectivity index (χ4v) is 4.20. The Hall–Kier alpha value is -3.39. The number of rotatable bonds is 14. The Morgan fingerprint density at radius 2 is 1.73 bits per heavy atom. The Kier molecular flexibility index (Phi) is 11.9.